The number of benzene rings is 2. The zero-order valence-electron chi connectivity index (χ0n) is 26.7. The molecule has 5 rings (SSSR count). The molecule has 2 heteroatoms. The van der Waals surface area contributed by atoms with Gasteiger partial charge in [-0.2, -0.15) is 0 Å². The molecule has 2 aromatic carbocycles. The molecule has 0 saturated heterocycles. The monoisotopic (exact) mass is 572 g/mol. The van der Waals surface area contributed by atoms with Crippen molar-refractivity contribution in [2.45, 2.75) is 120 Å². The molecule has 2 nitrogen and oxygen atoms in total. The summed E-state index contributed by atoms with van der Waals surface area (Å²) in [5, 5.41) is 0. The van der Waals surface area contributed by atoms with E-state index in [1.807, 2.05) is 0 Å². The van der Waals surface area contributed by atoms with Crippen molar-refractivity contribution in [3.63, 3.8) is 0 Å². The number of rotatable bonds is 16. The standard InChI is InChI=1S/C41H52N2/c1-3-5-7-9-11-19-29-39(31-21-13-23-33-42-39)41(37-27-17-15-25-35(37)36-26-16-18-28-38(36)41)40(32-22-14-24-34-43-40)30-20-12-10-8-6-4-2/h13-18,21-28,31-34H,3-12,19-20,29-30H2,1-2H3. The molecule has 0 spiro atoms. The summed E-state index contributed by atoms with van der Waals surface area (Å²) >= 11 is 0. The summed E-state index contributed by atoms with van der Waals surface area (Å²) in [5.74, 6) is 0. The van der Waals surface area contributed by atoms with E-state index in [1.165, 1.54) is 86.5 Å². The van der Waals surface area contributed by atoms with Crippen LogP contribution in [0.25, 0.3) is 11.1 Å². The zero-order chi connectivity index (χ0) is 29.9. The van der Waals surface area contributed by atoms with Gasteiger partial charge in [-0.1, -0.05) is 176 Å². The molecular weight excluding hydrogens is 520 g/mol. The van der Waals surface area contributed by atoms with Crippen molar-refractivity contribution < 1.29 is 0 Å². The third kappa shape index (κ3) is 6.08. The fraction of sp³-hybridized carbons (Fsp3) is 0.463. The number of unbranched alkanes of at least 4 members (excludes halogenated alkanes) is 10. The minimum absolute atomic E-state index is 0.488. The molecule has 43 heavy (non-hydrogen) atoms. The first-order valence-corrected chi connectivity index (χ1v) is 17.2. The largest absolute Gasteiger partial charge is 0.281 e. The lowest BCUT2D eigenvalue weighted by Gasteiger charge is -2.55. The number of nitrogens with zero attached hydrogens (tertiary/aromatic N) is 2. The molecule has 0 N–H and O–H groups in total. The third-order valence-corrected chi connectivity index (χ3v) is 10.0. The number of fused-ring (bicyclic) bond motifs is 3. The molecule has 226 valence electrons. The van der Waals surface area contributed by atoms with Crippen molar-refractivity contribution in [3.8, 4) is 11.1 Å². The van der Waals surface area contributed by atoms with Crippen molar-refractivity contribution in [3.05, 3.63) is 108 Å². The Morgan fingerprint density at radius 3 is 1.35 bits per heavy atom. The van der Waals surface area contributed by atoms with E-state index in [4.69, 9.17) is 9.98 Å². The minimum Gasteiger partial charge on any atom is -0.281 e. The van der Waals surface area contributed by atoms with Crippen LogP contribution in [-0.4, -0.2) is 23.5 Å². The van der Waals surface area contributed by atoms with Crippen LogP contribution in [-0.2, 0) is 5.41 Å². The van der Waals surface area contributed by atoms with E-state index in [0.717, 1.165) is 25.7 Å². The number of hydrogen-bond acceptors (Lipinski definition) is 2. The Bertz CT molecular complexity index is 1230. The maximum Gasteiger partial charge on any atom is 0.0954 e. The maximum absolute atomic E-state index is 5.63. The smallest absolute Gasteiger partial charge is 0.0954 e. The Balaban J connectivity index is 1.71. The lowest BCUT2D eigenvalue weighted by Crippen LogP contribution is -2.62. The van der Waals surface area contributed by atoms with E-state index in [1.54, 1.807) is 0 Å². The predicted octanol–water partition coefficient (Wildman–Crippen LogP) is 11.3. The first kappa shape index (κ1) is 31.2. The second kappa shape index (κ2) is 15.0. The van der Waals surface area contributed by atoms with Gasteiger partial charge in [-0.3, -0.25) is 9.98 Å². The minimum atomic E-state index is -0.488. The van der Waals surface area contributed by atoms with Gasteiger partial charge in [0.05, 0.1) is 16.5 Å². The van der Waals surface area contributed by atoms with Crippen molar-refractivity contribution in [2.75, 3.05) is 0 Å². The fourth-order valence-electron chi connectivity index (χ4n) is 8.10. The molecule has 0 amide bonds. The van der Waals surface area contributed by atoms with Crippen molar-refractivity contribution in [2.24, 2.45) is 9.98 Å². The van der Waals surface area contributed by atoms with Gasteiger partial charge in [-0.25, -0.2) is 0 Å². The van der Waals surface area contributed by atoms with Gasteiger partial charge in [-0.15, -0.1) is 0 Å². The average Bonchev–Trinajstić information content (AvgIpc) is 3.24. The molecule has 0 radical (unpaired) electrons. The predicted molar refractivity (Wildman–Crippen MR) is 188 cm³/mol. The van der Waals surface area contributed by atoms with Gasteiger partial charge in [0.25, 0.3) is 0 Å². The van der Waals surface area contributed by atoms with Crippen LogP contribution in [0.5, 0.6) is 0 Å². The molecule has 0 saturated carbocycles. The Hall–Kier alpha value is -3.26. The number of allylic oxidation sites excluding steroid dienone is 6. The van der Waals surface area contributed by atoms with Crippen LogP contribution in [0.15, 0.2) is 107 Å². The van der Waals surface area contributed by atoms with E-state index in [0.29, 0.717) is 0 Å². The summed E-state index contributed by atoms with van der Waals surface area (Å²) in [7, 11) is 0. The van der Waals surface area contributed by atoms with Crippen LogP contribution < -0.4 is 0 Å². The molecule has 2 unspecified atom stereocenters. The highest BCUT2D eigenvalue weighted by molar-refractivity contribution is 5.86. The summed E-state index contributed by atoms with van der Waals surface area (Å²) in [5.41, 5.74) is 3.96. The van der Waals surface area contributed by atoms with Crippen molar-refractivity contribution in [1.29, 1.82) is 0 Å². The quantitative estimate of drug-likeness (QED) is 0.179. The molecular formula is C41H52N2. The molecule has 0 bridgehead atoms. The van der Waals surface area contributed by atoms with Crippen LogP contribution in [0.1, 0.15) is 115 Å². The first-order valence-electron chi connectivity index (χ1n) is 17.2. The van der Waals surface area contributed by atoms with E-state index < -0.39 is 16.5 Å². The molecule has 0 aromatic heterocycles. The van der Waals surface area contributed by atoms with Gasteiger partial charge in [0, 0.05) is 12.4 Å². The van der Waals surface area contributed by atoms with Crippen LogP contribution >= 0.6 is 0 Å². The van der Waals surface area contributed by atoms with Crippen molar-refractivity contribution >= 4 is 12.4 Å². The second-order valence-electron chi connectivity index (χ2n) is 12.8. The van der Waals surface area contributed by atoms with E-state index in [-0.39, 0.29) is 0 Å². The molecule has 0 fully saturated rings. The Kier molecular flexibility index (Phi) is 10.8. The Morgan fingerprint density at radius 1 is 0.465 bits per heavy atom. The highest BCUT2D eigenvalue weighted by Gasteiger charge is 2.66. The van der Waals surface area contributed by atoms with Crippen LogP contribution in [0.4, 0.5) is 0 Å². The summed E-state index contributed by atoms with van der Waals surface area (Å²) in [6.07, 6.45) is 39.3. The van der Waals surface area contributed by atoms with Gasteiger partial charge in [0.15, 0.2) is 0 Å². The maximum atomic E-state index is 5.63. The number of aliphatic imine (C=N–C) groups is 2. The summed E-state index contributed by atoms with van der Waals surface area (Å²) in [4.78, 5) is 11.3. The highest BCUT2D eigenvalue weighted by Crippen LogP contribution is 2.64. The van der Waals surface area contributed by atoms with E-state index in [9.17, 15) is 0 Å². The summed E-state index contributed by atoms with van der Waals surface area (Å²) < 4.78 is 0. The fourth-order valence-corrected chi connectivity index (χ4v) is 8.10. The molecule has 2 aromatic rings. The van der Waals surface area contributed by atoms with Crippen molar-refractivity contribution in [1.82, 2.24) is 0 Å². The highest BCUT2D eigenvalue weighted by atomic mass is 15.0. The van der Waals surface area contributed by atoms with E-state index in [2.05, 4.69) is 123 Å². The third-order valence-electron chi connectivity index (χ3n) is 10.0. The zero-order valence-corrected chi connectivity index (χ0v) is 26.7. The summed E-state index contributed by atoms with van der Waals surface area (Å²) in [6, 6.07) is 18.3. The molecule has 2 heterocycles. The Labute approximate surface area is 261 Å². The normalized spacial score (nSPS) is 22.8. The van der Waals surface area contributed by atoms with Crippen LogP contribution in [0.2, 0.25) is 0 Å². The molecule has 1 aliphatic carbocycles. The topological polar surface area (TPSA) is 24.7 Å². The summed E-state index contributed by atoms with van der Waals surface area (Å²) in [6.45, 7) is 4.59. The number of hydrogen-bond donors (Lipinski definition) is 0. The SMILES string of the molecule is CCCCCCCCC1(C2(C3(CCCCCCCC)C=CC=CC=N3)c3ccccc3-c3ccccc32)C=CC=CC=N1. The Morgan fingerprint density at radius 2 is 0.884 bits per heavy atom. The first-order chi connectivity index (χ1) is 21.2. The van der Waals surface area contributed by atoms with Crippen LogP contribution in [0.3, 0.4) is 0 Å². The lowest BCUT2D eigenvalue weighted by molar-refractivity contribution is 0.194. The molecule has 3 aliphatic rings. The molecule has 2 aliphatic heterocycles. The van der Waals surface area contributed by atoms with Gasteiger partial charge in [0.2, 0.25) is 0 Å². The lowest BCUT2D eigenvalue weighted by atomic mass is 9.51. The van der Waals surface area contributed by atoms with Gasteiger partial charge in [-0.05, 0) is 47.2 Å². The van der Waals surface area contributed by atoms with E-state index >= 15 is 0 Å². The molecule has 2 atom stereocenters. The van der Waals surface area contributed by atoms with Gasteiger partial charge < -0.3 is 0 Å². The second-order valence-corrected chi connectivity index (χ2v) is 12.8. The van der Waals surface area contributed by atoms with Crippen LogP contribution in [0, 0.1) is 0 Å². The average molecular weight is 573 g/mol. The van der Waals surface area contributed by atoms with Gasteiger partial charge in [0.1, 0.15) is 0 Å². The van der Waals surface area contributed by atoms with Gasteiger partial charge >= 0.3 is 0 Å².